The van der Waals surface area contributed by atoms with Crippen LogP contribution in [0, 0.1) is 18.3 Å². The van der Waals surface area contributed by atoms with E-state index in [0.29, 0.717) is 24.8 Å². The summed E-state index contributed by atoms with van der Waals surface area (Å²) in [7, 11) is 0. The lowest BCUT2D eigenvalue weighted by molar-refractivity contribution is -0.133. The fourth-order valence-corrected chi connectivity index (χ4v) is 4.42. The lowest BCUT2D eigenvalue weighted by atomic mass is 9.67. The van der Waals surface area contributed by atoms with E-state index in [1.807, 2.05) is 12.1 Å². The molecular weight excluding hydrogens is 326 g/mol. The first-order valence-corrected chi connectivity index (χ1v) is 9.68. The van der Waals surface area contributed by atoms with Crippen LogP contribution in [0.4, 0.5) is 0 Å². The Balaban J connectivity index is 1.33. The number of amides is 1. The summed E-state index contributed by atoms with van der Waals surface area (Å²) in [4.78, 5) is 17.4. The van der Waals surface area contributed by atoms with Gasteiger partial charge in [0.15, 0.2) is 0 Å². The van der Waals surface area contributed by atoms with Gasteiger partial charge in [-0.2, -0.15) is 0 Å². The molecule has 1 saturated carbocycles. The first-order valence-electron chi connectivity index (χ1n) is 9.68. The van der Waals surface area contributed by atoms with Crippen LogP contribution in [0.15, 0.2) is 34.9 Å². The van der Waals surface area contributed by atoms with Crippen LogP contribution in [-0.2, 0) is 11.2 Å². The van der Waals surface area contributed by atoms with Crippen molar-refractivity contribution in [2.24, 2.45) is 11.3 Å². The minimum atomic E-state index is -0.185. The van der Waals surface area contributed by atoms with E-state index >= 15 is 0 Å². The molecule has 2 aliphatic rings. The number of hydrogen-bond acceptors (Lipinski definition) is 4. The number of aromatic nitrogens is 1. The topological polar surface area (TPSA) is 67.2 Å². The number of nitrogens with zero attached hydrogens (tertiary/aromatic N) is 1. The van der Waals surface area contributed by atoms with Gasteiger partial charge < -0.3 is 15.1 Å². The maximum atomic E-state index is 12.9. The molecule has 2 N–H and O–H groups in total. The second kappa shape index (κ2) is 7.23. The zero-order valence-corrected chi connectivity index (χ0v) is 15.4. The number of carbonyl (C=O) groups excluding carboxylic acids is 1. The summed E-state index contributed by atoms with van der Waals surface area (Å²) in [6.45, 7) is 4.47. The fourth-order valence-electron chi connectivity index (χ4n) is 4.42. The minimum Gasteiger partial charge on any atom is -0.444 e. The number of carbonyl (C=O) groups is 1. The summed E-state index contributed by atoms with van der Waals surface area (Å²) >= 11 is 0. The molecule has 2 atom stereocenters. The van der Waals surface area contributed by atoms with Crippen LogP contribution in [0.5, 0.6) is 0 Å². The zero-order valence-electron chi connectivity index (χ0n) is 15.4. The Bertz CT molecular complexity index is 768. The van der Waals surface area contributed by atoms with Crippen molar-refractivity contribution >= 4 is 5.91 Å². The van der Waals surface area contributed by atoms with Crippen molar-refractivity contribution in [1.82, 2.24) is 15.6 Å². The highest BCUT2D eigenvalue weighted by atomic mass is 16.3. The third-order valence-corrected chi connectivity index (χ3v) is 6.01. The van der Waals surface area contributed by atoms with E-state index in [0.717, 1.165) is 37.2 Å². The molecule has 1 aromatic heterocycles. The van der Waals surface area contributed by atoms with Crippen LogP contribution in [0.1, 0.15) is 36.9 Å². The van der Waals surface area contributed by atoms with Gasteiger partial charge in [-0.05, 0) is 44.4 Å². The Hall–Kier alpha value is -2.14. The van der Waals surface area contributed by atoms with Gasteiger partial charge in [0, 0.05) is 25.1 Å². The molecule has 0 radical (unpaired) electrons. The molecule has 1 aliphatic carbocycles. The number of rotatable bonds is 5. The molecule has 4 rings (SSSR count). The molecule has 5 heteroatoms. The normalized spacial score (nSPS) is 25.0. The molecule has 1 aromatic carbocycles. The average Bonchev–Trinajstić information content (AvgIpc) is 3.30. The smallest absolute Gasteiger partial charge is 0.227 e. The number of fused-ring (bicyclic) bond motifs is 1. The first kappa shape index (κ1) is 17.3. The lowest BCUT2D eigenvalue weighted by Gasteiger charge is -2.37. The monoisotopic (exact) mass is 353 g/mol. The van der Waals surface area contributed by atoms with Crippen molar-refractivity contribution in [3.63, 3.8) is 0 Å². The Kier molecular flexibility index (Phi) is 4.81. The largest absolute Gasteiger partial charge is 0.444 e. The zero-order chi connectivity index (χ0) is 18.0. The summed E-state index contributed by atoms with van der Waals surface area (Å²) in [6, 6.07) is 8.13. The third-order valence-electron chi connectivity index (χ3n) is 6.01. The Labute approximate surface area is 154 Å². The second-order valence-corrected chi connectivity index (χ2v) is 7.75. The fraction of sp³-hybridized carbons (Fsp3) is 0.524. The van der Waals surface area contributed by atoms with Gasteiger partial charge in [0.2, 0.25) is 11.8 Å². The van der Waals surface area contributed by atoms with Gasteiger partial charge in [0.1, 0.15) is 6.26 Å². The first-order chi connectivity index (χ1) is 12.7. The van der Waals surface area contributed by atoms with Crippen LogP contribution < -0.4 is 10.6 Å². The number of oxazole rings is 1. The van der Waals surface area contributed by atoms with Gasteiger partial charge in [-0.1, -0.05) is 30.5 Å². The van der Waals surface area contributed by atoms with Crippen molar-refractivity contribution in [3.8, 4) is 11.5 Å². The minimum absolute atomic E-state index is 0.185. The van der Waals surface area contributed by atoms with E-state index in [9.17, 15) is 4.79 Å². The summed E-state index contributed by atoms with van der Waals surface area (Å²) in [5.74, 6) is 1.35. The number of nitrogens with one attached hydrogen (secondary N) is 2. The highest BCUT2D eigenvalue weighted by molar-refractivity contribution is 5.83. The summed E-state index contributed by atoms with van der Waals surface area (Å²) < 4.78 is 5.60. The quantitative estimate of drug-likeness (QED) is 0.867. The van der Waals surface area contributed by atoms with Crippen LogP contribution in [0.25, 0.3) is 11.5 Å². The molecule has 0 spiro atoms. The van der Waals surface area contributed by atoms with Gasteiger partial charge in [-0.3, -0.25) is 4.79 Å². The lowest BCUT2D eigenvalue weighted by Crippen LogP contribution is -2.48. The molecule has 1 aliphatic heterocycles. The highest BCUT2D eigenvalue weighted by Gasteiger charge is 2.49. The van der Waals surface area contributed by atoms with Crippen LogP contribution in [0.3, 0.4) is 0 Å². The molecule has 2 aromatic rings. The van der Waals surface area contributed by atoms with E-state index in [1.165, 1.54) is 18.4 Å². The molecule has 0 unspecified atom stereocenters. The number of aryl methyl sites for hydroxylation is 1. The van der Waals surface area contributed by atoms with Crippen LogP contribution >= 0.6 is 0 Å². The van der Waals surface area contributed by atoms with E-state index in [2.05, 4.69) is 34.7 Å². The van der Waals surface area contributed by atoms with Crippen molar-refractivity contribution < 1.29 is 9.21 Å². The van der Waals surface area contributed by atoms with Crippen molar-refractivity contribution in [1.29, 1.82) is 0 Å². The predicted octanol–water partition coefficient (Wildman–Crippen LogP) is 3.09. The van der Waals surface area contributed by atoms with Gasteiger partial charge in [-0.25, -0.2) is 4.98 Å². The highest BCUT2D eigenvalue weighted by Crippen LogP contribution is 2.43. The summed E-state index contributed by atoms with van der Waals surface area (Å²) in [5, 5.41) is 6.59. The van der Waals surface area contributed by atoms with E-state index < -0.39 is 0 Å². The number of benzene rings is 1. The van der Waals surface area contributed by atoms with E-state index in [-0.39, 0.29) is 11.3 Å². The van der Waals surface area contributed by atoms with Gasteiger partial charge in [0.25, 0.3) is 0 Å². The molecule has 1 amide bonds. The maximum Gasteiger partial charge on any atom is 0.227 e. The second-order valence-electron chi connectivity index (χ2n) is 7.75. The third kappa shape index (κ3) is 3.28. The Morgan fingerprint density at radius 3 is 3.04 bits per heavy atom. The molecule has 2 fully saturated rings. The molecule has 1 saturated heterocycles. The van der Waals surface area contributed by atoms with Gasteiger partial charge >= 0.3 is 0 Å². The Morgan fingerprint density at radius 1 is 1.35 bits per heavy atom. The molecule has 26 heavy (non-hydrogen) atoms. The summed E-state index contributed by atoms with van der Waals surface area (Å²) in [5.41, 5.74) is 2.88. The average molecular weight is 353 g/mol. The van der Waals surface area contributed by atoms with E-state index in [4.69, 9.17) is 4.42 Å². The molecule has 0 bridgehead atoms. The molecule has 5 nitrogen and oxygen atoms in total. The summed E-state index contributed by atoms with van der Waals surface area (Å²) in [6.07, 6.45) is 6.98. The molecule has 138 valence electrons. The predicted molar refractivity (Wildman–Crippen MR) is 101 cm³/mol. The van der Waals surface area contributed by atoms with Gasteiger partial charge in [-0.15, -0.1) is 0 Å². The van der Waals surface area contributed by atoms with Crippen LogP contribution in [0.2, 0.25) is 0 Å². The van der Waals surface area contributed by atoms with Gasteiger partial charge in [0.05, 0.1) is 11.1 Å². The number of hydrogen-bond donors (Lipinski definition) is 2. The molecular formula is C21H27N3O2. The standard InChI is InChI=1S/C21H27N3O2/c1-15-5-7-16(8-6-15)19-24-18(13-26-19)9-11-23-20(25)21-10-3-2-4-17(21)12-22-14-21/h5-8,13,17,22H,2-4,9-12,14H2,1H3,(H,23,25)/t17-,21+/m0/s1. The maximum absolute atomic E-state index is 12.9. The van der Waals surface area contributed by atoms with Crippen LogP contribution in [-0.4, -0.2) is 30.5 Å². The van der Waals surface area contributed by atoms with E-state index in [1.54, 1.807) is 6.26 Å². The van der Waals surface area contributed by atoms with Crippen molar-refractivity contribution in [2.45, 2.75) is 39.0 Å². The van der Waals surface area contributed by atoms with Crippen molar-refractivity contribution in [2.75, 3.05) is 19.6 Å². The Morgan fingerprint density at radius 2 is 2.19 bits per heavy atom. The van der Waals surface area contributed by atoms with Crippen molar-refractivity contribution in [3.05, 3.63) is 41.8 Å². The SMILES string of the molecule is Cc1ccc(-c2nc(CCNC(=O)[C@@]34CCCC[C@H]3CNC4)co2)cc1. The molecule has 2 heterocycles.